The summed E-state index contributed by atoms with van der Waals surface area (Å²) in [7, 11) is 1.29. The second-order valence-electron chi connectivity index (χ2n) is 7.16. The Labute approximate surface area is 183 Å². The van der Waals surface area contributed by atoms with Gasteiger partial charge in [-0.3, -0.25) is 14.5 Å². The molecule has 1 amide bonds. The zero-order valence-electron chi connectivity index (χ0n) is 18.2. The fraction of sp³-hybridized carbons (Fsp3) is 0.591. The van der Waals surface area contributed by atoms with E-state index in [0.717, 1.165) is 43.0 Å². The van der Waals surface area contributed by atoms with Crippen LogP contribution in [0, 0.1) is 19.8 Å². The summed E-state index contributed by atoms with van der Waals surface area (Å²) >= 11 is 7.30. The number of halogens is 1. The Balaban J connectivity index is 3.12. The van der Waals surface area contributed by atoms with Crippen LogP contribution in [0.1, 0.15) is 57.6 Å². The number of esters is 1. The molecule has 0 radical (unpaired) electrons. The quantitative estimate of drug-likeness (QED) is 0.459. The Morgan fingerprint density at radius 3 is 2.41 bits per heavy atom. The summed E-state index contributed by atoms with van der Waals surface area (Å²) in [5.41, 5.74) is 2.12. The van der Waals surface area contributed by atoms with Crippen LogP contribution in [0.5, 0.6) is 0 Å². The molecule has 0 aliphatic rings. The van der Waals surface area contributed by atoms with Gasteiger partial charge in [0.2, 0.25) is 5.91 Å². The van der Waals surface area contributed by atoms with Crippen LogP contribution in [0.25, 0.3) is 0 Å². The Morgan fingerprint density at radius 2 is 1.86 bits per heavy atom. The minimum atomic E-state index is -0.832. The van der Waals surface area contributed by atoms with Gasteiger partial charge in [0.15, 0.2) is 5.12 Å². The number of anilines is 1. The lowest BCUT2D eigenvalue weighted by Gasteiger charge is -2.30. The zero-order chi connectivity index (χ0) is 22.1. The third kappa shape index (κ3) is 6.75. The fourth-order valence-electron chi connectivity index (χ4n) is 3.25. The number of methoxy groups -OCH3 is 1. The maximum absolute atomic E-state index is 13.2. The van der Waals surface area contributed by atoms with Crippen LogP contribution >= 0.6 is 23.4 Å². The first-order chi connectivity index (χ1) is 13.7. The number of rotatable bonds is 10. The van der Waals surface area contributed by atoms with Crippen LogP contribution in [0.3, 0.4) is 0 Å². The molecule has 0 spiro atoms. The summed E-state index contributed by atoms with van der Waals surface area (Å²) in [5, 5.41) is 0.536. The van der Waals surface area contributed by atoms with E-state index in [9.17, 15) is 14.4 Å². The van der Waals surface area contributed by atoms with Gasteiger partial charge < -0.3 is 4.74 Å². The van der Waals surface area contributed by atoms with Gasteiger partial charge in [-0.25, -0.2) is 4.79 Å². The van der Waals surface area contributed by atoms with E-state index in [0.29, 0.717) is 16.3 Å². The second kappa shape index (κ2) is 12.2. The van der Waals surface area contributed by atoms with Crippen molar-refractivity contribution < 1.29 is 19.1 Å². The standard InChI is InChI=1S/C22H32ClNO4S/c1-7-9-10-17(8-2)22(27)29-13-19(25)24(16(5)21(26)28-6)20-14(3)11-12-18(23)15(20)4/h11-12,16-17H,7-10,13H2,1-6H3/t16-,17?/m0/s1. The molecule has 1 aromatic carbocycles. The van der Waals surface area contributed by atoms with Crippen molar-refractivity contribution >= 4 is 46.0 Å². The van der Waals surface area contributed by atoms with E-state index in [-0.39, 0.29) is 22.7 Å². The molecule has 29 heavy (non-hydrogen) atoms. The molecule has 1 aromatic rings. The molecule has 0 aliphatic heterocycles. The minimum absolute atomic E-state index is 0.0273. The molecule has 0 aliphatic carbocycles. The topological polar surface area (TPSA) is 63.7 Å². The lowest BCUT2D eigenvalue weighted by atomic mass is 10.0. The number of benzene rings is 1. The minimum Gasteiger partial charge on any atom is -0.467 e. The highest BCUT2D eigenvalue weighted by Crippen LogP contribution is 2.33. The maximum Gasteiger partial charge on any atom is 0.328 e. The van der Waals surface area contributed by atoms with Crippen molar-refractivity contribution in [1.29, 1.82) is 0 Å². The van der Waals surface area contributed by atoms with E-state index < -0.39 is 12.0 Å². The second-order valence-corrected chi connectivity index (χ2v) is 8.54. The Morgan fingerprint density at radius 1 is 1.21 bits per heavy atom. The summed E-state index contributed by atoms with van der Waals surface area (Å²) in [6.45, 7) is 9.37. The molecular weight excluding hydrogens is 410 g/mol. The van der Waals surface area contributed by atoms with Crippen LogP contribution in [-0.2, 0) is 19.1 Å². The first-order valence-corrected chi connectivity index (χ1v) is 11.4. The van der Waals surface area contributed by atoms with Gasteiger partial charge in [0, 0.05) is 10.9 Å². The van der Waals surface area contributed by atoms with Crippen LogP contribution in [-0.4, -0.2) is 35.9 Å². The van der Waals surface area contributed by atoms with E-state index >= 15 is 0 Å². The van der Waals surface area contributed by atoms with Gasteiger partial charge in [-0.05, 0) is 50.8 Å². The lowest BCUT2D eigenvalue weighted by Crippen LogP contribution is -2.46. The Bertz CT molecular complexity index is 738. The predicted octanol–water partition coefficient (Wildman–Crippen LogP) is 5.33. The van der Waals surface area contributed by atoms with Crippen LogP contribution in [0.15, 0.2) is 12.1 Å². The monoisotopic (exact) mass is 441 g/mol. The Hall–Kier alpha value is -1.53. The van der Waals surface area contributed by atoms with E-state index in [1.807, 2.05) is 26.8 Å². The highest BCUT2D eigenvalue weighted by Gasteiger charge is 2.31. The number of unbranched alkanes of at least 4 members (excludes halogenated alkanes) is 1. The fourth-order valence-corrected chi connectivity index (χ4v) is 4.33. The SMILES string of the molecule is CCCCC(CC)C(=O)SCC(=O)N(c1c(C)ccc(Cl)c1C)[C@@H](C)C(=O)OC. The molecule has 7 heteroatoms. The number of ether oxygens (including phenoxy) is 1. The highest BCUT2D eigenvalue weighted by atomic mass is 35.5. The predicted molar refractivity (Wildman–Crippen MR) is 121 cm³/mol. The summed E-state index contributed by atoms with van der Waals surface area (Å²) < 4.78 is 4.86. The van der Waals surface area contributed by atoms with Crippen LogP contribution < -0.4 is 4.90 Å². The van der Waals surface area contributed by atoms with E-state index in [4.69, 9.17) is 16.3 Å². The molecule has 0 saturated heterocycles. The number of nitrogens with zero attached hydrogens (tertiary/aromatic N) is 1. The number of aryl methyl sites for hydroxylation is 1. The molecule has 0 fully saturated rings. The maximum atomic E-state index is 13.2. The molecule has 162 valence electrons. The van der Waals surface area contributed by atoms with Gasteiger partial charge in [-0.2, -0.15) is 0 Å². The number of thioether (sulfide) groups is 1. The van der Waals surface area contributed by atoms with Crippen molar-refractivity contribution in [2.75, 3.05) is 17.8 Å². The molecule has 0 bridgehead atoms. The summed E-state index contributed by atoms with van der Waals surface area (Å²) in [5.74, 6) is -0.925. The van der Waals surface area contributed by atoms with Crippen molar-refractivity contribution in [3.63, 3.8) is 0 Å². The normalized spacial score (nSPS) is 12.9. The average Bonchev–Trinajstić information content (AvgIpc) is 2.71. The van der Waals surface area contributed by atoms with Crippen molar-refractivity contribution in [3.8, 4) is 0 Å². The third-order valence-electron chi connectivity index (χ3n) is 5.08. The van der Waals surface area contributed by atoms with E-state index in [1.165, 1.54) is 12.0 Å². The highest BCUT2D eigenvalue weighted by molar-refractivity contribution is 8.14. The van der Waals surface area contributed by atoms with Crippen molar-refractivity contribution in [1.82, 2.24) is 0 Å². The lowest BCUT2D eigenvalue weighted by molar-refractivity contribution is -0.142. The van der Waals surface area contributed by atoms with Gasteiger partial charge in [0.1, 0.15) is 6.04 Å². The number of carbonyl (C=O) groups is 3. The third-order valence-corrected chi connectivity index (χ3v) is 6.49. The summed E-state index contributed by atoms with van der Waals surface area (Å²) in [4.78, 5) is 39.4. The first-order valence-electron chi connectivity index (χ1n) is 10.0. The van der Waals surface area contributed by atoms with Gasteiger partial charge in [-0.1, -0.05) is 56.1 Å². The zero-order valence-corrected chi connectivity index (χ0v) is 19.8. The summed E-state index contributed by atoms with van der Waals surface area (Å²) in [6, 6.07) is 2.74. The van der Waals surface area contributed by atoms with Gasteiger partial charge in [0.05, 0.1) is 18.6 Å². The molecule has 2 atom stereocenters. The van der Waals surface area contributed by atoms with Gasteiger partial charge >= 0.3 is 5.97 Å². The molecule has 5 nitrogen and oxygen atoms in total. The van der Waals surface area contributed by atoms with E-state index in [1.54, 1.807) is 13.0 Å². The number of hydrogen-bond acceptors (Lipinski definition) is 5. The van der Waals surface area contributed by atoms with E-state index in [2.05, 4.69) is 6.92 Å². The molecular formula is C22H32ClNO4S. The summed E-state index contributed by atoms with van der Waals surface area (Å²) in [6.07, 6.45) is 3.62. The van der Waals surface area contributed by atoms with Crippen molar-refractivity contribution in [2.24, 2.45) is 5.92 Å². The largest absolute Gasteiger partial charge is 0.467 e. The van der Waals surface area contributed by atoms with Crippen LogP contribution in [0.2, 0.25) is 5.02 Å². The number of amides is 1. The molecule has 1 rings (SSSR count). The van der Waals surface area contributed by atoms with Crippen LogP contribution in [0.4, 0.5) is 5.69 Å². The number of hydrogen-bond donors (Lipinski definition) is 0. The average molecular weight is 442 g/mol. The number of carbonyl (C=O) groups excluding carboxylic acids is 3. The van der Waals surface area contributed by atoms with Gasteiger partial charge in [-0.15, -0.1) is 0 Å². The molecule has 0 saturated carbocycles. The molecule has 1 unspecified atom stereocenters. The molecule has 0 aromatic heterocycles. The first kappa shape index (κ1) is 25.5. The molecule has 0 N–H and O–H groups in total. The van der Waals surface area contributed by atoms with Crippen molar-refractivity contribution in [2.45, 2.75) is 66.3 Å². The van der Waals surface area contributed by atoms with Crippen molar-refractivity contribution in [3.05, 3.63) is 28.3 Å². The van der Waals surface area contributed by atoms with Gasteiger partial charge in [0.25, 0.3) is 0 Å². The Kier molecular flexibility index (Phi) is 10.8. The smallest absolute Gasteiger partial charge is 0.328 e. The molecule has 0 heterocycles.